The van der Waals surface area contributed by atoms with Gasteiger partial charge in [-0.05, 0) is 31.9 Å². The van der Waals surface area contributed by atoms with Crippen LogP contribution in [0, 0.1) is 0 Å². The molecule has 2 aromatic rings. The summed E-state index contributed by atoms with van der Waals surface area (Å²) in [6.45, 7) is 5.02. The van der Waals surface area contributed by atoms with Crippen molar-refractivity contribution >= 4 is 17.5 Å². The number of pyridine rings is 1. The maximum atomic E-state index is 13.0. The molecule has 2 aliphatic rings. The average Bonchev–Trinajstić information content (AvgIpc) is 3.19. The first-order valence-electron chi connectivity index (χ1n) is 10.2. The third-order valence-corrected chi connectivity index (χ3v) is 6.32. The average molecular weight is 400 g/mol. The number of likely N-dealkylation sites (tertiary alicyclic amines) is 1. The van der Waals surface area contributed by atoms with Crippen LogP contribution in [0.3, 0.4) is 0 Å². The normalized spacial score (nSPS) is 26.6. The number of rotatable bonds is 3. The number of aromatic nitrogens is 2. The van der Waals surface area contributed by atoms with Gasteiger partial charge >= 0.3 is 0 Å². The van der Waals surface area contributed by atoms with Crippen molar-refractivity contribution in [2.45, 2.75) is 56.8 Å². The minimum Gasteiger partial charge on any atom is -0.388 e. The van der Waals surface area contributed by atoms with E-state index in [9.17, 15) is 14.7 Å². The third-order valence-electron chi connectivity index (χ3n) is 6.32. The van der Waals surface area contributed by atoms with Crippen LogP contribution >= 0.6 is 0 Å². The van der Waals surface area contributed by atoms with E-state index >= 15 is 0 Å². The molecule has 0 aliphatic carbocycles. The lowest BCUT2D eigenvalue weighted by Crippen LogP contribution is -2.65. The lowest BCUT2D eigenvalue weighted by Gasteiger charge is -2.52. The molecule has 2 amide bonds. The van der Waals surface area contributed by atoms with Gasteiger partial charge in [0, 0.05) is 44.5 Å². The minimum atomic E-state index is -0.745. The fourth-order valence-corrected chi connectivity index (χ4v) is 4.48. The van der Waals surface area contributed by atoms with E-state index in [-0.39, 0.29) is 18.4 Å². The molecule has 2 N–H and O–H groups in total. The molecule has 156 valence electrons. The summed E-state index contributed by atoms with van der Waals surface area (Å²) in [6, 6.07) is 3.64. The van der Waals surface area contributed by atoms with Crippen molar-refractivity contribution in [2.75, 3.05) is 19.7 Å². The number of ether oxygens (including phenoxy) is 1. The van der Waals surface area contributed by atoms with Crippen molar-refractivity contribution in [1.82, 2.24) is 19.6 Å². The van der Waals surface area contributed by atoms with Crippen LogP contribution in [0.4, 0.5) is 0 Å². The standard InChI is InChI=1S/C21H28N4O4/c1-3-18(27)23-20(2)14-21(29-13-16(20)26)6-9-24(10-7-21)19(28)15-4-5-17-22-8-11-25(17)12-15/h4-5,8,11-12,16,26H,3,6-7,9-10,13-14H2,1-2H3,(H,23,27)/t16-,20-/m1/s1. The molecule has 0 unspecified atom stereocenters. The molecule has 1 spiro atoms. The number of nitrogens with one attached hydrogen (secondary N) is 1. The molecule has 2 fully saturated rings. The Bertz CT molecular complexity index is 918. The van der Waals surface area contributed by atoms with Crippen LogP contribution < -0.4 is 5.32 Å². The zero-order chi connectivity index (χ0) is 20.6. The summed E-state index contributed by atoms with van der Waals surface area (Å²) in [4.78, 5) is 31.0. The van der Waals surface area contributed by atoms with Crippen LogP contribution in [0.25, 0.3) is 5.65 Å². The maximum absolute atomic E-state index is 13.0. The Balaban J connectivity index is 1.44. The molecule has 8 nitrogen and oxygen atoms in total. The monoisotopic (exact) mass is 400 g/mol. The van der Waals surface area contributed by atoms with Gasteiger partial charge < -0.3 is 24.5 Å². The smallest absolute Gasteiger partial charge is 0.255 e. The zero-order valence-electron chi connectivity index (χ0n) is 16.9. The number of amides is 2. The van der Waals surface area contributed by atoms with Crippen LogP contribution in [-0.4, -0.2) is 68.1 Å². The second-order valence-electron chi connectivity index (χ2n) is 8.41. The first kappa shape index (κ1) is 19.8. The Morgan fingerprint density at radius 1 is 1.34 bits per heavy atom. The van der Waals surface area contributed by atoms with Crippen molar-refractivity contribution < 1.29 is 19.4 Å². The Morgan fingerprint density at radius 2 is 2.10 bits per heavy atom. The SMILES string of the molecule is CCC(=O)N[C@]1(C)CC2(CCN(C(=O)c3ccc4nccn4c3)CC2)OC[C@H]1O. The molecule has 29 heavy (non-hydrogen) atoms. The van der Waals surface area contributed by atoms with Gasteiger partial charge in [-0.15, -0.1) is 0 Å². The van der Waals surface area contributed by atoms with Crippen LogP contribution in [0.15, 0.2) is 30.7 Å². The number of aliphatic hydroxyl groups excluding tert-OH is 1. The molecule has 8 heteroatoms. The number of aliphatic hydroxyl groups is 1. The molecule has 2 aromatic heterocycles. The molecule has 4 heterocycles. The van der Waals surface area contributed by atoms with Crippen LogP contribution in [0.2, 0.25) is 0 Å². The molecule has 2 saturated heterocycles. The van der Waals surface area contributed by atoms with Gasteiger partial charge in [-0.25, -0.2) is 4.98 Å². The van der Waals surface area contributed by atoms with Gasteiger partial charge in [0.25, 0.3) is 5.91 Å². The summed E-state index contributed by atoms with van der Waals surface area (Å²) < 4.78 is 7.90. The van der Waals surface area contributed by atoms with Gasteiger partial charge in [0.15, 0.2) is 0 Å². The highest BCUT2D eigenvalue weighted by molar-refractivity contribution is 5.94. The fourth-order valence-electron chi connectivity index (χ4n) is 4.48. The Labute approximate surface area is 169 Å². The highest BCUT2D eigenvalue weighted by atomic mass is 16.5. The molecule has 0 saturated carbocycles. The second kappa shape index (κ2) is 7.42. The third kappa shape index (κ3) is 3.74. The van der Waals surface area contributed by atoms with Crippen LogP contribution in [-0.2, 0) is 9.53 Å². The first-order chi connectivity index (χ1) is 13.8. The summed E-state index contributed by atoms with van der Waals surface area (Å²) in [5.74, 6) is -0.0838. The van der Waals surface area contributed by atoms with Gasteiger partial charge in [-0.3, -0.25) is 9.59 Å². The van der Waals surface area contributed by atoms with E-state index in [1.165, 1.54) is 0 Å². The molecular weight excluding hydrogens is 372 g/mol. The fraction of sp³-hybridized carbons (Fsp3) is 0.571. The number of carbonyl (C=O) groups is 2. The number of piperidine rings is 1. The summed E-state index contributed by atoms with van der Waals surface area (Å²) in [6.07, 6.45) is 6.86. The summed E-state index contributed by atoms with van der Waals surface area (Å²) in [7, 11) is 0. The van der Waals surface area contributed by atoms with Gasteiger partial charge in [0.2, 0.25) is 5.91 Å². The van der Waals surface area contributed by atoms with Gasteiger partial charge in [-0.2, -0.15) is 0 Å². The van der Waals surface area contributed by atoms with E-state index in [1.807, 2.05) is 28.5 Å². The van der Waals surface area contributed by atoms with Crippen LogP contribution in [0.1, 0.15) is 49.9 Å². The summed E-state index contributed by atoms with van der Waals surface area (Å²) in [5, 5.41) is 13.4. The number of nitrogens with zero attached hydrogens (tertiary/aromatic N) is 3. The van der Waals surface area contributed by atoms with E-state index < -0.39 is 17.2 Å². The predicted molar refractivity (Wildman–Crippen MR) is 106 cm³/mol. The molecule has 2 aliphatic heterocycles. The minimum absolute atomic E-state index is 0.00617. The second-order valence-corrected chi connectivity index (χ2v) is 8.41. The Morgan fingerprint density at radius 3 is 2.83 bits per heavy atom. The number of fused-ring (bicyclic) bond motifs is 1. The van der Waals surface area contributed by atoms with Gasteiger partial charge in [-0.1, -0.05) is 6.92 Å². The van der Waals surface area contributed by atoms with Crippen LogP contribution in [0.5, 0.6) is 0 Å². The molecule has 0 aromatic carbocycles. The largest absolute Gasteiger partial charge is 0.388 e. The van der Waals surface area contributed by atoms with Crippen molar-refractivity contribution in [3.8, 4) is 0 Å². The molecule has 0 bridgehead atoms. The van der Waals surface area contributed by atoms with Crippen molar-refractivity contribution in [1.29, 1.82) is 0 Å². The van der Waals surface area contributed by atoms with E-state index in [4.69, 9.17) is 4.74 Å². The highest BCUT2D eigenvalue weighted by Gasteiger charge is 2.50. The van der Waals surface area contributed by atoms with E-state index in [2.05, 4.69) is 10.3 Å². The number of carbonyl (C=O) groups excluding carboxylic acids is 2. The molecule has 2 atom stereocenters. The number of imidazole rings is 1. The van der Waals surface area contributed by atoms with Crippen molar-refractivity contribution in [3.63, 3.8) is 0 Å². The van der Waals surface area contributed by atoms with E-state index in [0.717, 1.165) is 5.65 Å². The molecular formula is C21H28N4O4. The topological polar surface area (TPSA) is 96.2 Å². The predicted octanol–water partition coefficient (Wildman–Crippen LogP) is 1.38. The van der Waals surface area contributed by atoms with Gasteiger partial charge in [0.1, 0.15) is 11.8 Å². The lowest BCUT2D eigenvalue weighted by molar-refractivity contribution is -0.179. The first-order valence-corrected chi connectivity index (χ1v) is 10.2. The lowest BCUT2D eigenvalue weighted by atomic mass is 9.74. The Kier molecular flexibility index (Phi) is 5.08. The molecule has 4 rings (SSSR count). The quantitative estimate of drug-likeness (QED) is 0.811. The van der Waals surface area contributed by atoms with E-state index in [0.29, 0.717) is 44.3 Å². The number of hydrogen-bond acceptors (Lipinski definition) is 5. The van der Waals surface area contributed by atoms with E-state index in [1.54, 1.807) is 25.4 Å². The summed E-state index contributed by atoms with van der Waals surface area (Å²) >= 11 is 0. The maximum Gasteiger partial charge on any atom is 0.255 e. The number of hydrogen-bond donors (Lipinski definition) is 2. The van der Waals surface area contributed by atoms with Gasteiger partial charge in [0.05, 0.1) is 23.3 Å². The zero-order valence-corrected chi connectivity index (χ0v) is 16.9. The highest BCUT2D eigenvalue weighted by Crippen LogP contribution is 2.40. The van der Waals surface area contributed by atoms with Crippen molar-refractivity contribution in [3.05, 3.63) is 36.3 Å². The summed E-state index contributed by atoms with van der Waals surface area (Å²) in [5.41, 5.74) is 0.289. The molecule has 0 radical (unpaired) electrons. The van der Waals surface area contributed by atoms with Crippen molar-refractivity contribution in [2.24, 2.45) is 0 Å². The Hall–Kier alpha value is -2.45.